The van der Waals surface area contributed by atoms with Crippen LogP contribution in [0.1, 0.15) is 83.6 Å². The highest BCUT2D eigenvalue weighted by atomic mass is 32.1. The molecule has 0 saturated heterocycles. The molecule has 0 spiro atoms. The van der Waals surface area contributed by atoms with Gasteiger partial charge in [-0.25, -0.2) is 0 Å². The molecule has 0 saturated carbocycles. The van der Waals surface area contributed by atoms with Crippen LogP contribution in [0.5, 0.6) is 0 Å². The van der Waals surface area contributed by atoms with E-state index in [9.17, 15) is 0 Å². The average molecular weight is 492 g/mol. The van der Waals surface area contributed by atoms with E-state index in [0.717, 1.165) is 5.69 Å². The molecule has 1 aliphatic carbocycles. The highest BCUT2D eigenvalue weighted by Crippen LogP contribution is 2.51. The van der Waals surface area contributed by atoms with Crippen molar-refractivity contribution in [2.45, 2.75) is 84.5 Å². The van der Waals surface area contributed by atoms with E-state index in [1.807, 2.05) is 17.5 Å². The minimum atomic E-state index is 0.0521. The molecule has 1 nitrogen and oxygen atoms in total. The molecular formula is C34H37NS. The zero-order valence-corrected chi connectivity index (χ0v) is 23.8. The van der Waals surface area contributed by atoms with E-state index in [1.54, 1.807) is 11.1 Å². The quantitative estimate of drug-likeness (QED) is 0.227. The van der Waals surface area contributed by atoms with Crippen LogP contribution in [0.25, 0.3) is 42.2 Å². The number of nitrogens with zero attached hydrogens (tertiary/aromatic N) is 1. The van der Waals surface area contributed by atoms with Crippen LogP contribution in [0, 0.1) is 6.92 Å². The van der Waals surface area contributed by atoms with E-state index < -0.39 is 0 Å². The molecule has 36 heavy (non-hydrogen) atoms. The van der Waals surface area contributed by atoms with Gasteiger partial charge in [-0.3, -0.25) is 4.98 Å². The fourth-order valence-electron chi connectivity index (χ4n) is 6.62. The van der Waals surface area contributed by atoms with Gasteiger partial charge in [0.05, 0.1) is 10.4 Å². The highest BCUT2D eigenvalue weighted by Gasteiger charge is 2.39. The van der Waals surface area contributed by atoms with Crippen molar-refractivity contribution < 1.29 is 0 Å². The topological polar surface area (TPSA) is 12.9 Å². The molecule has 0 N–H and O–H groups in total. The lowest BCUT2D eigenvalue weighted by Gasteiger charge is -2.43. The standard InChI is InChI=1S/C34H37NS/c1-20-28-24-13-16-35-30(22-17-21-11-9-10-12-23(21)25(18-22)32(2,3)4)31(24)36-27(28)19-26-29(20)34(7,8)15-14-33(26,5)6/h9-13,16-19H,14-15H2,1-8H3. The summed E-state index contributed by atoms with van der Waals surface area (Å²) in [6.45, 7) is 19.0. The van der Waals surface area contributed by atoms with Gasteiger partial charge in [-0.05, 0) is 93.3 Å². The minimum Gasteiger partial charge on any atom is -0.255 e. The van der Waals surface area contributed by atoms with Gasteiger partial charge in [0, 0.05) is 27.2 Å². The van der Waals surface area contributed by atoms with E-state index in [4.69, 9.17) is 4.98 Å². The molecule has 0 radical (unpaired) electrons. The first-order valence-electron chi connectivity index (χ1n) is 13.3. The summed E-state index contributed by atoms with van der Waals surface area (Å²) in [6.07, 6.45) is 4.49. The Kier molecular flexibility index (Phi) is 5.03. The summed E-state index contributed by atoms with van der Waals surface area (Å²) >= 11 is 1.93. The van der Waals surface area contributed by atoms with Crippen LogP contribution >= 0.6 is 11.3 Å². The van der Waals surface area contributed by atoms with E-state index in [2.05, 4.69) is 104 Å². The zero-order valence-electron chi connectivity index (χ0n) is 23.0. The predicted octanol–water partition coefficient (Wildman–Crippen LogP) is 10.2. The fourth-order valence-corrected chi connectivity index (χ4v) is 7.93. The van der Waals surface area contributed by atoms with E-state index in [1.165, 1.54) is 60.5 Å². The fraction of sp³-hybridized carbons (Fsp3) is 0.382. The first-order chi connectivity index (χ1) is 16.9. The van der Waals surface area contributed by atoms with Crippen LogP contribution in [0.4, 0.5) is 0 Å². The Hall–Kier alpha value is -2.71. The third-order valence-corrected chi connectivity index (χ3v) is 9.81. The average Bonchev–Trinajstić information content (AvgIpc) is 3.19. The largest absolute Gasteiger partial charge is 0.255 e. The molecule has 0 aliphatic heterocycles. The smallest absolute Gasteiger partial charge is 0.0880 e. The van der Waals surface area contributed by atoms with Crippen LogP contribution in [0.15, 0.2) is 54.7 Å². The van der Waals surface area contributed by atoms with Crippen molar-refractivity contribution in [3.05, 3.63) is 77.0 Å². The molecule has 0 amide bonds. The summed E-state index contributed by atoms with van der Waals surface area (Å²) < 4.78 is 2.71. The molecule has 1 aliphatic rings. The molecule has 0 atom stereocenters. The van der Waals surface area contributed by atoms with Crippen molar-refractivity contribution in [1.82, 2.24) is 4.98 Å². The Balaban J connectivity index is 1.68. The first kappa shape index (κ1) is 23.7. The Morgan fingerprint density at radius 3 is 2.33 bits per heavy atom. The van der Waals surface area contributed by atoms with Gasteiger partial charge in [0.15, 0.2) is 0 Å². The Bertz CT molecular complexity index is 1670. The maximum Gasteiger partial charge on any atom is 0.0880 e. The highest BCUT2D eigenvalue weighted by molar-refractivity contribution is 7.26. The van der Waals surface area contributed by atoms with E-state index in [0.29, 0.717) is 0 Å². The number of thiophene rings is 1. The van der Waals surface area contributed by atoms with Crippen LogP contribution < -0.4 is 0 Å². The molecule has 2 aromatic heterocycles. The zero-order chi connectivity index (χ0) is 25.6. The lowest BCUT2D eigenvalue weighted by atomic mass is 9.62. The lowest BCUT2D eigenvalue weighted by Crippen LogP contribution is -2.34. The van der Waals surface area contributed by atoms with Gasteiger partial charge in [0.1, 0.15) is 0 Å². The number of rotatable bonds is 1. The number of fused-ring (bicyclic) bond motifs is 5. The molecule has 2 heterocycles. The summed E-state index contributed by atoms with van der Waals surface area (Å²) in [7, 11) is 0. The Morgan fingerprint density at radius 1 is 0.861 bits per heavy atom. The summed E-state index contributed by atoms with van der Waals surface area (Å²) in [6, 6.07) is 18.3. The van der Waals surface area contributed by atoms with Gasteiger partial charge in [-0.15, -0.1) is 11.3 Å². The summed E-state index contributed by atoms with van der Waals surface area (Å²) in [5.41, 5.74) is 8.77. The van der Waals surface area contributed by atoms with E-state index in [-0.39, 0.29) is 16.2 Å². The van der Waals surface area contributed by atoms with Crippen molar-refractivity contribution in [2.75, 3.05) is 0 Å². The number of benzene rings is 3. The van der Waals surface area contributed by atoms with Crippen LogP contribution in [-0.2, 0) is 16.2 Å². The van der Waals surface area contributed by atoms with Crippen molar-refractivity contribution in [2.24, 2.45) is 0 Å². The number of pyridine rings is 1. The second kappa shape index (κ2) is 7.65. The molecule has 2 heteroatoms. The SMILES string of the molecule is Cc1c2c(cc3sc4c(-c5cc(C(C)(C)C)c6ccccc6c5)nccc4c13)C(C)(C)CCC2(C)C. The number of aromatic nitrogens is 1. The second-order valence-electron chi connectivity index (χ2n) is 13.2. The molecule has 0 unspecified atom stereocenters. The first-order valence-corrected chi connectivity index (χ1v) is 14.1. The lowest BCUT2D eigenvalue weighted by molar-refractivity contribution is 0.331. The van der Waals surface area contributed by atoms with Crippen molar-refractivity contribution >= 4 is 42.3 Å². The molecule has 0 fully saturated rings. The van der Waals surface area contributed by atoms with Gasteiger partial charge in [-0.2, -0.15) is 0 Å². The van der Waals surface area contributed by atoms with Gasteiger partial charge < -0.3 is 0 Å². The molecular weight excluding hydrogens is 454 g/mol. The summed E-state index contributed by atoms with van der Waals surface area (Å²) in [4.78, 5) is 5.00. The van der Waals surface area contributed by atoms with Gasteiger partial charge in [0.25, 0.3) is 0 Å². The number of hydrogen-bond acceptors (Lipinski definition) is 2. The minimum absolute atomic E-state index is 0.0521. The summed E-state index contributed by atoms with van der Waals surface area (Å²) in [5.74, 6) is 0. The van der Waals surface area contributed by atoms with Crippen LogP contribution in [-0.4, -0.2) is 4.98 Å². The third kappa shape index (κ3) is 3.44. The maximum atomic E-state index is 5.00. The monoisotopic (exact) mass is 491 g/mol. The number of hydrogen-bond donors (Lipinski definition) is 0. The van der Waals surface area contributed by atoms with Crippen molar-refractivity contribution in [3.63, 3.8) is 0 Å². The third-order valence-electron chi connectivity index (χ3n) is 8.65. The molecule has 6 rings (SSSR count). The molecule has 0 bridgehead atoms. The Labute approximate surface area is 219 Å². The van der Waals surface area contributed by atoms with Crippen LogP contribution in [0.2, 0.25) is 0 Å². The summed E-state index contributed by atoms with van der Waals surface area (Å²) in [5, 5.41) is 5.41. The van der Waals surface area contributed by atoms with Gasteiger partial charge in [-0.1, -0.05) is 72.7 Å². The maximum absolute atomic E-state index is 5.00. The predicted molar refractivity (Wildman–Crippen MR) is 159 cm³/mol. The second-order valence-corrected chi connectivity index (χ2v) is 14.3. The van der Waals surface area contributed by atoms with Crippen molar-refractivity contribution in [1.29, 1.82) is 0 Å². The normalized spacial score (nSPS) is 17.1. The molecule has 5 aromatic rings. The van der Waals surface area contributed by atoms with Gasteiger partial charge >= 0.3 is 0 Å². The van der Waals surface area contributed by atoms with Crippen molar-refractivity contribution in [3.8, 4) is 11.3 Å². The van der Waals surface area contributed by atoms with Crippen LogP contribution in [0.3, 0.4) is 0 Å². The Morgan fingerprint density at radius 2 is 1.58 bits per heavy atom. The number of aryl methyl sites for hydroxylation is 1. The van der Waals surface area contributed by atoms with Gasteiger partial charge in [0.2, 0.25) is 0 Å². The molecule has 184 valence electrons. The van der Waals surface area contributed by atoms with E-state index >= 15 is 0 Å². The molecule has 3 aromatic carbocycles.